The topological polar surface area (TPSA) is 240 Å². The van der Waals surface area contributed by atoms with Crippen molar-refractivity contribution < 1.29 is 82.3 Å². The van der Waals surface area contributed by atoms with Crippen molar-refractivity contribution in [3.05, 3.63) is 34.9 Å². The SMILES string of the molecule is CCCCCCCCCCCCCCCCCC[C@H](C)C[C@H](C)/C=C(\C)C(=O)OC1[C@H](O)C(COC(=O)/C(C)=C/[C@@H](C)C[C@@H](C)CCCCCCCCCCCCCCCC)O[C@H](O[C@H]2OC(CO)[C@@H](OC(=O)/C(C)=C/[C@@H](C)C[C@@H](C)CCCCCCCCCCCCCCCC)C(O)[C@@H]2OC(=O)[C@@H](C)[C@@H](O)[C@@H](C)C[C@@H](C)CCCCCCCCCCCCCCCCCC)[C@@H]1OC(=O)CCCCCCCCCCCCCCC. The maximum Gasteiger partial charge on any atom is 0.333 e. The molecule has 0 aromatic carbocycles. The van der Waals surface area contributed by atoms with Crippen LogP contribution in [0.15, 0.2) is 34.9 Å². The number of hydrogen-bond acceptors (Lipinski definition) is 17. The van der Waals surface area contributed by atoms with Gasteiger partial charge < -0.3 is 58.3 Å². The van der Waals surface area contributed by atoms with Crippen LogP contribution in [0.2, 0.25) is 0 Å². The molecule has 0 aromatic rings. The number of unbranched alkanes of at least 4 members (excludes halogenated alkanes) is 68. The number of aliphatic hydroxyl groups is 4. The second-order valence-corrected chi connectivity index (χ2v) is 48.6. The Morgan fingerprint density at radius 2 is 0.530 bits per heavy atom. The maximum absolute atomic E-state index is 15.2. The molecule has 2 rings (SSSR count). The molecule has 17 heteroatoms. The number of aliphatic hydroxyl groups excluding tert-OH is 4. The molecular weight excluding hydrogens is 1860 g/mol. The molecule has 20 atom stereocenters. The van der Waals surface area contributed by atoms with Crippen LogP contribution in [-0.2, 0) is 61.9 Å². The molecule has 149 heavy (non-hydrogen) atoms. The summed E-state index contributed by atoms with van der Waals surface area (Å²) in [6.07, 6.45) is 86.2. The summed E-state index contributed by atoms with van der Waals surface area (Å²) in [5, 5.41) is 49.9. The number of carbonyl (C=O) groups excluding carboxylic acids is 5. The van der Waals surface area contributed by atoms with Gasteiger partial charge in [0.2, 0.25) is 12.6 Å². The van der Waals surface area contributed by atoms with E-state index in [-0.39, 0.29) is 47.2 Å². The van der Waals surface area contributed by atoms with Gasteiger partial charge in [0.1, 0.15) is 31.0 Å². The molecule has 0 amide bonds. The second kappa shape index (κ2) is 96.4. The van der Waals surface area contributed by atoms with E-state index in [4.69, 9.17) is 37.9 Å². The Morgan fingerprint density at radius 1 is 0.282 bits per heavy atom. The Labute approximate surface area is 919 Å². The minimum absolute atomic E-state index is 0.0215. The van der Waals surface area contributed by atoms with Gasteiger partial charge in [0.15, 0.2) is 24.4 Å². The monoisotopic (exact) mass is 2100 g/mol. The molecule has 17 nitrogen and oxygen atoms in total. The van der Waals surface area contributed by atoms with Gasteiger partial charge in [-0.1, -0.05) is 596 Å². The summed E-state index contributed by atoms with van der Waals surface area (Å²) in [6, 6.07) is 0. The van der Waals surface area contributed by atoms with Gasteiger partial charge in [-0.2, -0.15) is 0 Å². The Kier molecular flexibility index (Phi) is 91.5. The van der Waals surface area contributed by atoms with Crippen molar-refractivity contribution in [2.45, 2.75) is 712 Å². The van der Waals surface area contributed by atoms with Gasteiger partial charge in [0.25, 0.3) is 0 Å². The Bertz CT molecular complexity index is 3210. The summed E-state index contributed by atoms with van der Waals surface area (Å²) in [5.41, 5.74) is 0.876. The lowest BCUT2D eigenvalue weighted by Crippen LogP contribution is -2.66. The average Bonchev–Trinajstić information content (AvgIpc) is 0.770. The standard InChI is InChI=1S/C132H246O17/c1-18-23-28-33-38-43-48-53-57-59-64-68-73-78-83-88-93-107(8)98-111(12)102-115(16)129(140)147-124-121(136)118(104-142-127(138)113(14)100-109(10)96-105(6)91-86-81-76-71-66-62-55-50-45-40-35-30-25-20-3)144-132(126(124)145-119(134)95-90-85-80-75-70-61-52-47-42-37-32-27-22-5)149-131-125(148-130(141)116(17)120(135)112(13)99-108(9)94-89-84-79-74-69-65-60-58-54-49-44-39-34-29-24-19-2)122(137)123(117(103-133)143-131)146-128(139)114(15)101-110(11)97-106(7)92-87-82-77-72-67-63-56-51-46-41-36-31-26-21-4/h100-102,105-112,116-118,120-126,131-133,135-137H,18-99,103-104H2,1-17H3/b113-100+,114-101+,115-102+/t105-,106-,107-,108-,109-,110-,111-,112-,116-,117?,118?,120-,121+,122?,123+,124?,125-,126+,131+,132+/m0/s1. The van der Waals surface area contributed by atoms with E-state index in [0.717, 1.165) is 109 Å². The fraction of sp³-hybridized carbons (Fsp3) is 0.917. The molecule has 2 heterocycles. The maximum atomic E-state index is 15.2. The molecule has 0 spiro atoms. The highest BCUT2D eigenvalue weighted by molar-refractivity contribution is 5.89. The Balaban J connectivity index is 2.71. The fourth-order valence-electron chi connectivity index (χ4n) is 23.3. The predicted molar refractivity (Wildman–Crippen MR) is 625 cm³/mol. The lowest BCUT2D eigenvalue weighted by molar-refractivity contribution is -0.377. The third kappa shape index (κ3) is 74.3. The van der Waals surface area contributed by atoms with Gasteiger partial charge in [-0.3, -0.25) is 9.59 Å². The van der Waals surface area contributed by atoms with Crippen LogP contribution in [-0.4, -0.2) is 131 Å². The minimum Gasteiger partial charge on any atom is -0.459 e. The van der Waals surface area contributed by atoms with E-state index in [1.807, 2.05) is 25.2 Å². The molecule has 0 aromatic heterocycles. The van der Waals surface area contributed by atoms with Gasteiger partial charge in [-0.25, -0.2) is 14.4 Å². The van der Waals surface area contributed by atoms with E-state index in [1.54, 1.807) is 27.7 Å². The highest BCUT2D eigenvalue weighted by atomic mass is 16.8. The third-order valence-corrected chi connectivity index (χ3v) is 32.9. The van der Waals surface area contributed by atoms with Gasteiger partial charge >= 0.3 is 29.8 Å². The van der Waals surface area contributed by atoms with Crippen LogP contribution in [0.4, 0.5) is 0 Å². The molecule has 2 aliphatic rings. The van der Waals surface area contributed by atoms with Gasteiger partial charge in [-0.05, 0) is 107 Å². The summed E-state index contributed by atoms with van der Waals surface area (Å²) >= 11 is 0. The van der Waals surface area contributed by atoms with E-state index in [9.17, 15) is 34.8 Å². The van der Waals surface area contributed by atoms with E-state index in [0.29, 0.717) is 36.2 Å². The molecule has 876 valence electrons. The summed E-state index contributed by atoms with van der Waals surface area (Å²) in [4.78, 5) is 74.3. The fourth-order valence-corrected chi connectivity index (χ4v) is 23.3. The highest BCUT2D eigenvalue weighted by Crippen LogP contribution is 2.38. The third-order valence-electron chi connectivity index (χ3n) is 32.9. The predicted octanol–water partition coefficient (Wildman–Crippen LogP) is 37.4. The first kappa shape index (κ1) is 141. The van der Waals surface area contributed by atoms with Gasteiger partial charge in [-0.15, -0.1) is 0 Å². The molecule has 2 fully saturated rings. The lowest BCUT2D eigenvalue weighted by Gasteiger charge is -2.47. The molecule has 2 aliphatic heterocycles. The molecule has 0 bridgehead atoms. The summed E-state index contributed by atoms with van der Waals surface area (Å²) in [5.74, 6) is -4.08. The first-order valence-corrected chi connectivity index (χ1v) is 64.8. The Hall–Kier alpha value is -3.71. The number of carbonyl (C=O) groups is 5. The molecule has 0 saturated carbocycles. The first-order chi connectivity index (χ1) is 72.2. The van der Waals surface area contributed by atoms with E-state index in [2.05, 4.69) is 83.1 Å². The second-order valence-electron chi connectivity index (χ2n) is 48.6. The first-order valence-electron chi connectivity index (χ1n) is 64.8. The largest absolute Gasteiger partial charge is 0.459 e. The van der Waals surface area contributed by atoms with Crippen LogP contribution < -0.4 is 0 Å². The van der Waals surface area contributed by atoms with Crippen LogP contribution in [0.5, 0.6) is 0 Å². The summed E-state index contributed by atoms with van der Waals surface area (Å²) in [6.45, 7) is 33.7. The molecule has 0 radical (unpaired) electrons. The smallest absolute Gasteiger partial charge is 0.333 e. The van der Waals surface area contributed by atoms with E-state index >= 15 is 9.59 Å². The molecule has 4 unspecified atom stereocenters. The number of esters is 5. The van der Waals surface area contributed by atoms with Gasteiger partial charge in [0, 0.05) is 23.1 Å². The van der Waals surface area contributed by atoms with Crippen LogP contribution >= 0.6 is 0 Å². The van der Waals surface area contributed by atoms with E-state index < -0.39 is 116 Å². The van der Waals surface area contributed by atoms with Crippen molar-refractivity contribution in [2.75, 3.05) is 13.2 Å². The van der Waals surface area contributed by atoms with Crippen LogP contribution in [0, 0.1) is 53.3 Å². The lowest BCUT2D eigenvalue weighted by atomic mass is 9.85. The van der Waals surface area contributed by atoms with Crippen LogP contribution in [0.3, 0.4) is 0 Å². The zero-order chi connectivity index (χ0) is 109. The molecule has 2 saturated heterocycles. The van der Waals surface area contributed by atoms with Crippen LogP contribution in [0.1, 0.15) is 644 Å². The molecule has 4 N–H and O–H groups in total. The van der Waals surface area contributed by atoms with Crippen molar-refractivity contribution in [2.24, 2.45) is 53.3 Å². The number of rotatable bonds is 104. The minimum atomic E-state index is -1.98. The number of allylic oxidation sites excluding steroid dienone is 3. The number of ether oxygens (including phenoxy) is 8. The van der Waals surface area contributed by atoms with Gasteiger partial charge in [0.05, 0.1) is 18.6 Å². The zero-order valence-corrected chi connectivity index (χ0v) is 101. The quantitative estimate of drug-likeness (QED) is 0.0192. The summed E-state index contributed by atoms with van der Waals surface area (Å²) < 4.78 is 52.2. The normalized spacial score (nSPS) is 20.4. The molecular formula is C132H246O17. The van der Waals surface area contributed by atoms with Crippen molar-refractivity contribution in [3.8, 4) is 0 Å². The van der Waals surface area contributed by atoms with Crippen molar-refractivity contribution >= 4 is 29.8 Å². The van der Waals surface area contributed by atoms with Crippen molar-refractivity contribution in [1.29, 1.82) is 0 Å². The van der Waals surface area contributed by atoms with Crippen LogP contribution in [0.25, 0.3) is 0 Å². The van der Waals surface area contributed by atoms with Crippen molar-refractivity contribution in [1.82, 2.24) is 0 Å². The van der Waals surface area contributed by atoms with E-state index in [1.165, 1.54) is 398 Å². The summed E-state index contributed by atoms with van der Waals surface area (Å²) in [7, 11) is 0. The average molecular weight is 2110 g/mol. The molecule has 0 aliphatic carbocycles. The Morgan fingerprint density at radius 3 is 0.819 bits per heavy atom. The van der Waals surface area contributed by atoms with Crippen molar-refractivity contribution in [3.63, 3.8) is 0 Å². The zero-order valence-electron chi connectivity index (χ0n) is 101. The number of hydrogen-bond donors (Lipinski definition) is 4. The highest BCUT2D eigenvalue weighted by Gasteiger charge is 2.56.